The smallest absolute Gasteiger partial charge is 0.318 e. The highest BCUT2D eigenvalue weighted by atomic mass is 35.5. The van der Waals surface area contributed by atoms with Crippen LogP contribution in [-0.2, 0) is 28.7 Å². The number of halogens is 3. The fourth-order valence-corrected chi connectivity index (χ4v) is 16.1. The number of thioether (sulfide) groups is 4. The highest BCUT2D eigenvalue weighted by Gasteiger charge is 2.24. The summed E-state index contributed by atoms with van der Waals surface area (Å²) in [5.74, 6) is -1.72. The third kappa shape index (κ3) is 21.7. The maximum Gasteiger partial charge on any atom is 0.318 e. The van der Waals surface area contributed by atoms with E-state index in [2.05, 4.69) is 95.1 Å². The number of para-hydroxylation sites is 3. The van der Waals surface area contributed by atoms with Crippen LogP contribution in [0.2, 0.25) is 15.1 Å². The van der Waals surface area contributed by atoms with Gasteiger partial charge >= 0.3 is 11.9 Å². The minimum Gasteiger partial charge on any atom is -0.468 e. The maximum absolute atomic E-state index is 12.3. The van der Waals surface area contributed by atoms with E-state index in [4.69, 9.17) is 75.4 Å². The Labute approximate surface area is 773 Å². The molecule has 38 nitrogen and oxygen atoms in total. The zero-order chi connectivity index (χ0) is 93.1. The number of amides is 2. The number of ether oxygens (including phenoxy) is 2. The van der Waals surface area contributed by atoms with Gasteiger partial charge in [0.05, 0.1) is 96.0 Å². The van der Waals surface area contributed by atoms with Crippen LogP contribution < -0.4 is 44.8 Å². The molecule has 18 aromatic rings. The van der Waals surface area contributed by atoms with Crippen LogP contribution >= 0.6 is 106 Å². The summed E-state index contributed by atoms with van der Waals surface area (Å²) in [5.41, 5.74) is 19.6. The van der Waals surface area contributed by atoms with Crippen molar-refractivity contribution in [2.75, 3.05) is 14.2 Å². The number of aromatic amines is 8. The van der Waals surface area contributed by atoms with Crippen molar-refractivity contribution in [2.24, 2.45) is 11.5 Å². The Morgan fingerprint density at radius 1 is 0.338 bits per heavy atom. The highest BCUT2D eigenvalue weighted by Crippen LogP contribution is 2.29. The molecule has 6 aromatic carbocycles. The summed E-state index contributed by atoms with van der Waals surface area (Å²) in [6.07, 6.45) is 8.90. The number of fused-ring (bicyclic) bond motifs is 6. The predicted molar refractivity (Wildman–Crippen MR) is 505 cm³/mol. The first-order valence-corrected chi connectivity index (χ1v) is 43.9. The van der Waals surface area contributed by atoms with E-state index in [-0.39, 0.29) is 44.1 Å². The normalized spacial score (nSPS) is 12.0. The molecule has 4 atom stereocenters. The molecule has 0 aliphatic rings. The Hall–Kier alpha value is -14.0. The van der Waals surface area contributed by atoms with E-state index < -0.39 is 38.8 Å². The molecule has 0 spiro atoms. The summed E-state index contributed by atoms with van der Waals surface area (Å²) in [6, 6.07) is 44.4. The Morgan fingerprint density at radius 3 is 0.892 bits per heavy atom. The van der Waals surface area contributed by atoms with E-state index in [0.717, 1.165) is 97.9 Å². The quantitative estimate of drug-likeness (QED) is 0.0165. The van der Waals surface area contributed by atoms with Crippen LogP contribution in [0.4, 0.5) is 0 Å². The minimum atomic E-state index is -0.512. The van der Waals surface area contributed by atoms with Gasteiger partial charge in [-0.2, -0.15) is 30.6 Å². The standard InChI is InChI=1S/C16H16N4O3S.C15H13ClN4O3S.C15H15N5O2S.C14H12ClN5O2S.C12H10N4OS.C11H7ClN4OS/c1-9-6-4-5-7-12(9)20-13-11(8-17-20)14(21)19-16(18-13)24-10(2)15(22)23-3;1-8(14(22)23-2)24-15-18-12-11(13(21)19-15)7-17-20(12)10-5-3-9(16)4-6-10;1-8-5-3-4-6-11(8)20-13-10(7-17-20)14(22)19-15(18-13)23-9(2)12(16)21;1-7(11(16)21)23-14-18-12-10(13(22)19-14)6-17-20(12)9-4-2-8(15)3-5-9;1-7-4-2-3-5-9(7)16-10-8(6-13-16)11(17)15-12(18)14-10;12-6-1-3-7(4-2-6)16-9-8(5-13-16)10(17)15-11(18)14-9/h4-8,10H,1-3H3,(H,18,19,21);3-8H,1-2H3,(H,18,19,21);3-7,9H,1-2H3,(H2,16,21)(H,18,19,22);2-7H,1H3,(H2,16,21)(H,18,19,22);2-6H,1H3,(H2,14,15,17,18);1-5H,(H2,14,15,17,18). The Balaban J connectivity index is 0.000000133. The number of aryl methyl sites for hydroxylation is 3. The first-order valence-electron chi connectivity index (χ1n) is 38.4. The fourth-order valence-electron chi connectivity index (χ4n) is 12.2. The van der Waals surface area contributed by atoms with Gasteiger partial charge in [0.1, 0.15) is 54.1 Å². The largest absolute Gasteiger partial charge is 0.468 e. The zero-order valence-corrected chi connectivity index (χ0v) is 76.6. The van der Waals surface area contributed by atoms with E-state index in [9.17, 15) is 47.9 Å². The number of esters is 2. The number of rotatable bonds is 18. The van der Waals surface area contributed by atoms with Gasteiger partial charge in [0, 0.05) is 15.1 Å². The van der Waals surface area contributed by atoms with Gasteiger partial charge < -0.3 is 50.8 Å². The number of methoxy groups -OCH3 is 2. The first kappa shape index (κ1) is 93.6. The molecule has 12 heterocycles. The summed E-state index contributed by atoms with van der Waals surface area (Å²) in [7, 11) is 2.64. The average Bonchev–Trinajstić information content (AvgIpc) is 1.66. The van der Waals surface area contributed by atoms with E-state index in [0.29, 0.717) is 107 Å². The Kier molecular flexibility index (Phi) is 29.8. The Morgan fingerprint density at radius 2 is 0.585 bits per heavy atom. The second-order valence-corrected chi connectivity index (χ2v) is 35.2. The van der Waals surface area contributed by atoms with Crippen LogP contribution in [-0.4, -0.2) is 177 Å². The van der Waals surface area contributed by atoms with E-state index in [1.165, 1.54) is 51.4 Å². The van der Waals surface area contributed by atoms with Crippen molar-refractivity contribution >= 4 is 196 Å². The van der Waals surface area contributed by atoms with Gasteiger partial charge in [-0.15, -0.1) is 0 Å². The second-order valence-electron chi connectivity index (χ2n) is 27.8. The van der Waals surface area contributed by atoms with E-state index >= 15 is 0 Å². The van der Waals surface area contributed by atoms with E-state index in [1.54, 1.807) is 116 Å². The number of H-pyrrole nitrogens is 8. The van der Waals surface area contributed by atoms with Crippen molar-refractivity contribution in [1.82, 2.24) is 118 Å². The lowest BCUT2D eigenvalue weighted by Crippen LogP contribution is -2.23. The fraction of sp³-hybridized carbons (Fsp3) is 0.157. The average molecular weight is 1930 g/mol. The molecule has 4 unspecified atom stereocenters. The number of carbonyl (C=O) groups is 4. The van der Waals surface area contributed by atoms with Crippen molar-refractivity contribution < 1.29 is 28.7 Å². The molecular weight excluding hydrogens is 1850 g/mol. The molecule has 18 rings (SSSR count). The van der Waals surface area contributed by atoms with Crippen LogP contribution in [0.5, 0.6) is 0 Å². The van der Waals surface area contributed by atoms with Crippen molar-refractivity contribution in [3.05, 3.63) is 286 Å². The van der Waals surface area contributed by atoms with Crippen molar-refractivity contribution in [1.29, 1.82) is 0 Å². The third-order valence-corrected chi connectivity index (χ3v) is 24.0. The van der Waals surface area contributed by atoms with Crippen LogP contribution in [0.1, 0.15) is 44.4 Å². The summed E-state index contributed by atoms with van der Waals surface area (Å²) >= 11 is 32.0. The monoisotopic (exact) mass is 1920 g/mol. The van der Waals surface area contributed by atoms with Crippen LogP contribution in [0, 0.1) is 30.3 Å². The van der Waals surface area contributed by atoms with Crippen LogP contribution in [0.3, 0.4) is 0 Å². The lowest BCUT2D eigenvalue weighted by Gasteiger charge is -2.09. The summed E-state index contributed by atoms with van der Waals surface area (Å²) < 4.78 is 19.6. The van der Waals surface area contributed by atoms with Gasteiger partial charge in [0.15, 0.2) is 52.8 Å². The molecule has 0 fully saturated rings. The molecule has 0 aliphatic heterocycles. The van der Waals surface area contributed by atoms with Gasteiger partial charge in [0.25, 0.3) is 33.4 Å². The van der Waals surface area contributed by atoms with Crippen molar-refractivity contribution in [3.63, 3.8) is 0 Å². The number of nitrogens with two attached hydrogens (primary N) is 2. The number of benzene rings is 6. The number of nitrogens with one attached hydrogen (secondary N) is 8. The molecule has 47 heteroatoms. The molecule has 0 saturated carbocycles. The molecule has 0 aliphatic carbocycles. The number of hydrogen-bond donors (Lipinski definition) is 10. The predicted octanol–water partition coefficient (Wildman–Crippen LogP) is 12.1. The summed E-state index contributed by atoms with van der Waals surface area (Å²) in [5, 5.41) is 29.0. The van der Waals surface area contributed by atoms with E-state index in [1.807, 2.05) is 106 Å². The second kappa shape index (κ2) is 41.4. The molecule has 0 saturated heterocycles. The number of primary amides is 2. The first-order chi connectivity index (χ1) is 62.2. The summed E-state index contributed by atoms with van der Waals surface area (Å²) in [6.45, 7) is 12.6. The minimum absolute atomic E-state index is 0.228. The maximum atomic E-state index is 12.3. The number of aromatic nitrogens is 24. The SMILES string of the molecule is CC(Sc1nc2c(cnn2-c2ccc(Cl)cc2)c(=O)[nH]1)C(N)=O.COC(=O)C(C)Sc1nc2c(cnn2-c2ccc(Cl)cc2)c(=O)[nH]1.COC(=O)C(C)Sc1nc2c(cnn2-c2ccccc2C)c(=O)[nH]1.Cc1ccccc1-n1ncc2c(=O)[nH]c(=S)[nH]c21.Cc1ccccc1-n1ncc2c(=O)[nH]c(SC(C)C(N)=O)nc21.O=c1[nH]c(=S)[nH]c2c1cnn2-c1ccc(Cl)cc1. The molecule has 12 N–H and O–H groups in total. The molecule has 0 radical (unpaired) electrons. The molecular formula is C83H73Cl3N26O12S6. The molecule has 0 bridgehead atoms. The molecule has 130 heavy (non-hydrogen) atoms. The third-order valence-electron chi connectivity index (χ3n) is 18.9. The Bertz CT molecular complexity index is 7830. The number of nitrogens with zero attached hydrogens (tertiary/aromatic N) is 16. The van der Waals surface area contributed by atoms with Gasteiger partial charge in [-0.1, -0.05) is 136 Å². The van der Waals surface area contributed by atoms with Gasteiger partial charge in [-0.05, 0) is 181 Å². The number of hydrogen-bond acceptors (Lipinski definition) is 28. The lowest BCUT2D eigenvalue weighted by atomic mass is 10.2. The van der Waals surface area contributed by atoms with Gasteiger partial charge in [-0.25, -0.2) is 48.0 Å². The molecule has 2 amide bonds. The van der Waals surface area contributed by atoms with Gasteiger partial charge in [-0.3, -0.25) is 57.9 Å². The zero-order valence-electron chi connectivity index (χ0n) is 69.4. The molecule has 664 valence electrons. The molecule has 12 aromatic heterocycles. The topological polar surface area (TPSA) is 526 Å². The van der Waals surface area contributed by atoms with Crippen LogP contribution in [0.15, 0.2) is 232 Å². The highest BCUT2D eigenvalue weighted by molar-refractivity contribution is 8.01. The number of carbonyl (C=O) groups excluding carboxylic acids is 4. The van der Waals surface area contributed by atoms with Crippen LogP contribution in [0.25, 0.3) is 100 Å². The summed E-state index contributed by atoms with van der Waals surface area (Å²) in [4.78, 5) is 157. The lowest BCUT2D eigenvalue weighted by molar-refractivity contribution is -0.140. The van der Waals surface area contributed by atoms with Crippen molar-refractivity contribution in [2.45, 2.75) is 90.1 Å². The van der Waals surface area contributed by atoms with Gasteiger partial charge in [0.2, 0.25) is 11.8 Å². The van der Waals surface area contributed by atoms with Crippen molar-refractivity contribution in [3.8, 4) is 34.1 Å².